The molecule has 1 aliphatic heterocycles. The second kappa shape index (κ2) is 4.86. The Morgan fingerprint density at radius 3 is 2.64 bits per heavy atom. The molecule has 3 heteroatoms. The van der Waals surface area contributed by atoms with Gasteiger partial charge in [0.1, 0.15) is 0 Å². The third-order valence-corrected chi connectivity index (χ3v) is 4.97. The molecule has 1 rings (SSSR count). The molecule has 0 spiro atoms. The number of methoxy groups -OCH3 is 1. The summed E-state index contributed by atoms with van der Waals surface area (Å²) in [5.41, 5.74) is 5.88. The lowest BCUT2D eigenvalue weighted by molar-refractivity contribution is 0.0117. The van der Waals surface area contributed by atoms with Crippen LogP contribution in [0.25, 0.3) is 0 Å². The standard InChI is InChI=1S/C11H23NOS/c1-10(2,13-3)6-7-11(9-12)5-4-8-14-11/h4-9,12H2,1-3H3. The minimum absolute atomic E-state index is 0.00528. The second-order valence-corrected chi connectivity index (χ2v) is 6.37. The van der Waals surface area contributed by atoms with Gasteiger partial charge in [-0.15, -0.1) is 0 Å². The smallest absolute Gasteiger partial charge is 0.0623 e. The van der Waals surface area contributed by atoms with Crippen LogP contribution in [-0.4, -0.2) is 29.8 Å². The number of hydrogen-bond acceptors (Lipinski definition) is 3. The topological polar surface area (TPSA) is 35.2 Å². The first kappa shape index (κ1) is 12.3. The number of nitrogens with two attached hydrogens (primary N) is 1. The summed E-state index contributed by atoms with van der Waals surface area (Å²) in [5, 5.41) is 0. The van der Waals surface area contributed by atoms with Crippen LogP contribution in [-0.2, 0) is 4.74 Å². The average molecular weight is 217 g/mol. The molecule has 1 heterocycles. The van der Waals surface area contributed by atoms with Gasteiger partial charge in [0, 0.05) is 18.4 Å². The maximum absolute atomic E-state index is 5.88. The molecule has 1 fully saturated rings. The van der Waals surface area contributed by atoms with Crippen molar-refractivity contribution in [3.8, 4) is 0 Å². The summed E-state index contributed by atoms with van der Waals surface area (Å²) in [6, 6.07) is 0. The summed E-state index contributed by atoms with van der Waals surface area (Å²) < 4.78 is 5.79. The first-order valence-corrected chi connectivity index (χ1v) is 6.41. The van der Waals surface area contributed by atoms with E-state index in [1.807, 2.05) is 0 Å². The fourth-order valence-corrected chi connectivity index (χ4v) is 3.22. The molecule has 2 nitrogen and oxygen atoms in total. The molecule has 1 aliphatic rings. The molecule has 84 valence electrons. The van der Waals surface area contributed by atoms with E-state index in [0.29, 0.717) is 4.75 Å². The molecule has 1 atom stereocenters. The van der Waals surface area contributed by atoms with Crippen molar-refractivity contribution in [3.05, 3.63) is 0 Å². The van der Waals surface area contributed by atoms with Crippen LogP contribution < -0.4 is 5.73 Å². The monoisotopic (exact) mass is 217 g/mol. The quantitative estimate of drug-likeness (QED) is 0.768. The van der Waals surface area contributed by atoms with Crippen molar-refractivity contribution in [2.45, 2.75) is 49.9 Å². The van der Waals surface area contributed by atoms with Crippen LogP contribution in [0.4, 0.5) is 0 Å². The van der Waals surface area contributed by atoms with Crippen molar-refractivity contribution in [3.63, 3.8) is 0 Å². The zero-order valence-corrected chi connectivity index (χ0v) is 10.5. The van der Waals surface area contributed by atoms with Crippen LogP contribution in [0, 0.1) is 0 Å². The lowest BCUT2D eigenvalue weighted by Crippen LogP contribution is -2.35. The lowest BCUT2D eigenvalue weighted by Gasteiger charge is -2.31. The molecule has 0 saturated carbocycles. The minimum atomic E-state index is 0.00528. The maximum Gasteiger partial charge on any atom is 0.0623 e. The zero-order chi connectivity index (χ0) is 10.7. The summed E-state index contributed by atoms with van der Waals surface area (Å²) >= 11 is 2.06. The first-order valence-electron chi connectivity index (χ1n) is 5.43. The molecule has 0 aromatic heterocycles. The van der Waals surface area contributed by atoms with Crippen molar-refractivity contribution in [2.75, 3.05) is 19.4 Å². The highest BCUT2D eigenvalue weighted by Crippen LogP contribution is 2.42. The molecule has 0 aliphatic carbocycles. The van der Waals surface area contributed by atoms with Gasteiger partial charge in [-0.05, 0) is 45.3 Å². The van der Waals surface area contributed by atoms with Gasteiger partial charge in [0.25, 0.3) is 0 Å². The second-order valence-electron chi connectivity index (χ2n) is 4.80. The van der Waals surface area contributed by atoms with E-state index in [-0.39, 0.29) is 5.60 Å². The highest BCUT2D eigenvalue weighted by atomic mass is 32.2. The van der Waals surface area contributed by atoms with Crippen LogP contribution in [0.2, 0.25) is 0 Å². The van der Waals surface area contributed by atoms with Crippen molar-refractivity contribution >= 4 is 11.8 Å². The lowest BCUT2D eigenvalue weighted by atomic mass is 9.91. The van der Waals surface area contributed by atoms with Crippen molar-refractivity contribution in [2.24, 2.45) is 5.73 Å². The molecular formula is C11H23NOS. The third-order valence-electron chi connectivity index (χ3n) is 3.29. The molecule has 0 amide bonds. The Hall–Kier alpha value is 0.270. The molecule has 1 saturated heterocycles. The Morgan fingerprint density at radius 1 is 1.50 bits per heavy atom. The molecular weight excluding hydrogens is 194 g/mol. The van der Waals surface area contributed by atoms with Crippen LogP contribution in [0.1, 0.15) is 39.5 Å². The largest absolute Gasteiger partial charge is 0.379 e. The number of hydrogen-bond donors (Lipinski definition) is 1. The fraction of sp³-hybridized carbons (Fsp3) is 1.00. The molecule has 0 radical (unpaired) electrons. The first-order chi connectivity index (χ1) is 6.54. The SMILES string of the molecule is COC(C)(C)CCC1(CN)CCCS1. The number of thioether (sulfide) groups is 1. The number of ether oxygens (including phenoxy) is 1. The maximum atomic E-state index is 5.88. The Labute approximate surface area is 92.0 Å². The average Bonchev–Trinajstić information content (AvgIpc) is 2.65. The zero-order valence-electron chi connectivity index (χ0n) is 9.64. The Morgan fingerprint density at radius 2 is 2.21 bits per heavy atom. The summed E-state index contributed by atoms with van der Waals surface area (Å²) in [5.74, 6) is 1.28. The van der Waals surface area contributed by atoms with Crippen LogP contribution >= 0.6 is 11.8 Å². The van der Waals surface area contributed by atoms with Gasteiger partial charge in [0.15, 0.2) is 0 Å². The van der Waals surface area contributed by atoms with Crippen molar-refractivity contribution in [1.82, 2.24) is 0 Å². The number of rotatable bonds is 5. The van der Waals surface area contributed by atoms with Gasteiger partial charge in [-0.3, -0.25) is 0 Å². The van der Waals surface area contributed by atoms with Crippen LogP contribution in [0.15, 0.2) is 0 Å². The van der Waals surface area contributed by atoms with Crippen LogP contribution in [0.3, 0.4) is 0 Å². The van der Waals surface area contributed by atoms with Gasteiger partial charge >= 0.3 is 0 Å². The Bertz CT molecular complexity index is 176. The molecule has 0 aromatic carbocycles. The van der Waals surface area contributed by atoms with Crippen LogP contribution in [0.5, 0.6) is 0 Å². The Balaban J connectivity index is 2.41. The fourth-order valence-electron chi connectivity index (χ4n) is 1.85. The van der Waals surface area contributed by atoms with Gasteiger partial charge in [-0.1, -0.05) is 0 Å². The minimum Gasteiger partial charge on any atom is -0.379 e. The Kier molecular flexibility index (Phi) is 4.29. The summed E-state index contributed by atoms with van der Waals surface area (Å²) in [4.78, 5) is 0. The summed E-state index contributed by atoms with van der Waals surface area (Å²) in [6.07, 6.45) is 4.91. The van der Waals surface area contributed by atoms with Gasteiger partial charge < -0.3 is 10.5 Å². The summed E-state index contributed by atoms with van der Waals surface area (Å²) in [6.45, 7) is 5.12. The normalized spacial score (nSPS) is 28.3. The predicted molar refractivity (Wildman–Crippen MR) is 63.8 cm³/mol. The van der Waals surface area contributed by atoms with Crippen molar-refractivity contribution in [1.29, 1.82) is 0 Å². The van der Waals surface area contributed by atoms with E-state index >= 15 is 0 Å². The van der Waals surface area contributed by atoms with E-state index in [2.05, 4.69) is 25.6 Å². The molecule has 1 unspecified atom stereocenters. The van der Waals surface area contributed by atoms with E-state index in [9.17, 15) is 0 Å². The van der Waals surface area contributed by atoms with E-state index in [0.717, 1.165) is 13.0 Å². The molecule has 14 heavy (non-hydrogen) atoms. The van der Waals surface area contributed by atoms with Gasteiger partial charge in [-0.2, -0.15) is 11.8 Å². The third kappa shape index (κ3) is 3.14. The van der Waals surface area contributed by atoms with E-state index in [1.54, 1.807) is 7.11 Å². The highest BCUT2D eigenvalue weighted by Gasteiger charge is 2.34. The highest BCUT2D eigenvalue weighted by molar-refractivity contribution is 8.00. The van der Waals surface area contributed by atoms with E-state index < -0.39 is 0 Å². The van der Waals surface area contributed by atoms with Gasteiger partial charge in [0.2, 0.25) is 0 Å². The van der Waals surface area contributed by atoms with Gasteiger partial charge in [-0.25, -0.2) is 0 Å². The van der Waals surface area contributed by atoms with Crippen molar-refractivity contribution < 1.29 is 4.74 Å². The van der Waals surface area contributed by atoms with E-state index in [4.69, 9.17) is 10.5 Å². The molecule has 0 bridgehead atoms. The predicted octanol–water partition coefficient (Wildman–Crippen LogP) is 2.42. The molecule has 2 N–H and O–H groups in total. The van der Waals surface area contributed by atoms with E-state index in [1.165, 1.54) is 25.0 Å². The van der Waals surface area contributed by atoms with Gasteiger partial charge in [0.05, 0.1) is 5.60 Å². The molecule has 0 aromatic rings. The summed E-state index contributed by atoms with van der Waals surface area (Å²) in [7, 11) is 1.79.